The molecule has 1 fully saturated rings. The summed E-state index contributed by atoms with van der Waals surface area (Å²) in [4.78, 5) is 0. The second-order valence-electron chi connectivity index (χ2n) is 12.0. The summed E-state index contributed by atoms with van der Waals surface area (Å²) in [5.74, 6) is 3.32. The van der Waals surface area contributed by atoms with Crippen LogP contribution in [0.5, 0.6) is 0 Å². The maximum Gasteiger partial charge on any atom is 0.00666 e. The topological polar surface area (TPSA) is 0 Å². The van der Waals surface area contributed by atoms with E-state index in [-0.39, 0.29) is 0 Å². The first-order chi connectivity index (χ1) is 19.1. The molecule has 4 aromatic carbocycles. The molecule has 0 saturated heterocycles. The van der Waals surface area contributed by atoms with Gasteiger partial charge in [-0.05, 0) is 101 Å². The highest BCUT2D eigenvalue weighted by molar-refractivity contribution is 5.48. The largest absolute Gasteiger partial charge is 0.0620 e. The quantitative estimate of drug-likeness (QED) is 0.237. The normalized spacial score (nSPS) is 21.0. The summed E-state index contributed by atoms with van der Waals surface area (Å²) in [5.41, 5.74) is 12.1. The molecule has 7 rings (SSSR count). The molecular weight excluding hydrogens is 468 g/mol. The molecule has 202 valence electrons. The van der Waals surface area contributed by atoms with E-state index in [0.29, 0.717) is 5.92 Å². The Bertz CT molecular complexity index is 1320. The third-order valence-corrected chi connectivity index (χ3v) is 9.70. The van der Waals surface area contributed by atoms with Gasteiger partial charge in [-0.1, -0.05) is 131 Å². The Morgan fingerprint density at radius 2 is 1.15 bits per heavy atom. The van der Waals surface area contributed by atoms with Gasteiger partial charge in [0, 0.05) is 5.92 Å². The lowest BCUT2D eigenvalue weighted by Gasteiger charge is -2.41. The van der Waals surface area contributed by atoms with Gasteiger partial charge in [-0.3, -0.25) is 0 Å². The molecule has 0 spiro atoms. The maximum atomic E-state index is 2.45. The third kappa shape index (κ3) is 6.22. The van der Waals surface area contributed by atoms with Gasteiger partial charge >= 0.3 is 0 Å². The van der Waals surface area contributed by atoms with Crippen molar-refractivity contribution in [3.8, 4) is 0 Å². The van der Waals surface area contributed by atoms with E-state index in [1.165, 1.54) is 65.5 Å². The zero-order chi connectivity index (χ0) is 27.2. The van der Waals surface area contributed by atoms with Crippen molar-refractivity contribution in [1.29, 1.82) is 0 Å². The van der Waals surface area contributed by atoms with Crippen LogP contribution in [0.2, 0.25) is 0 Å². The van der Waals surface area contributed by atoms with Gasteiger partial charge in [0.05, 0.1) is 0 Å². The summed E-state index contributed by atoms with van der Waals surface area (Å²) in [6.07, 6.45) is 9.47. The van der Waals surface area contributed by atoms with Crippen molar-refractivity contribution in [2.75, 3.05) is 0 Å². The zero-order valence-electron chi connectivity index (χ0n) is 24.5. The fourth-order valence-electron chi connectivity index (χ4n) is 7.44. The molecule has 3 aliphatic carbocycles. The molecule has 0 bridgehead atoms. The van der Waals surface area contributed by atoms with Crippen molar-refractivity contribution < 1.29 is 0 Å². The van der Waals surface area contributed by atoms with Crippen LogP contribution >= 0.6 is 0 Å². The van der Waals surface area contributed by atoms with Crippen LogP contribution in [0.25, 0.3) is 0 Å². The minimum atomic E-state index is 0.547. The summed E-state index contributed by atoms with van der Waals surface area (Å²) < 4.78 is 0. The molecule has 3 aliphatic rings. The Morgan fingerprint density at radius 3 is 1.77 bits per heavy atom. The molecule has 0 N–H and O–H groups in total. The molecule has 0 aliphatic heterocycles. The molecule has 3 unspecified atom stereocenters. The van der Waals surface area contributed by atoms with Gasteiger partial charge in [0.25, 0.3) is 0 Å². The predicted molar refractivity (Wildman–Crippen MR) is 168 cm³/mol. The first-order valence-corrected chi connectivity index (χ1v) is 15.3. The van der Waals surface area contributed by atoms with Crippen molar-refractivity contribution >= 4 is 0 Å². The van der Waals surface area contributed by atoms with Crippen LogP contribution < -0.4 is 0 Å². The third-order valence-electron chi connectivity index (χ3n) is 9.70. The predicted octanol–water partition coefficient (Wildman–Crippen LogP) is 10.5. The Kier molecular flexibility index (Phi) is 9.02. The fraction of sp³-hybridized carbons (Fsp3) is 0.385. The van der Waals surface area contributed by atoms with E-state index in [9.17, 15) is 0 Å². The van der Waals surface area contributed by atoms with Crippen molar-refractivity contribution in [3.05, 3.63) is 142 Å². The van der Waals surface area contributed by atoms with E-state index >= 15 is 0 Å². The lowest BCUT2D eigenvalue weighted by Crippen LogP contribution is -2.30. The molecular formula is C39H46. The molecule has 0 aromatic heterocycles. The minimum absolute atomic E-state index is 0.547. The van der Waals surface area contributed by atoms with Crippen LogP contribution in [0.15, 0.2) is 97.1 Å². The van der Waals surface area contributed by atoms with Gasteiger partial charge in [-0.25, -0.2) is 0 Å². The van der Waals surface area contributed by atoms with Crippen LogP contribution in [-0.4, -0.2) is 0 Å². The summed E-state index contributed by atoms with van der Waals surface area (Å²) in [6.45, 7) is 9.08. The first-order valence-electron chi connectivity index (χ1n) is 15.3. The first kappa shape index (κ1) is 27.4. The maximum absolute atomic E-state index is 2.45. The Balaban J connectivity index is 0.000000123. The highest BCUT2D eigenvalue weighted by Crippen LogP contribution is 2.46. The molecule has 0 nitrogen and oxygen atoms in total. The molecule has 1 saturated carbocycles. The van der Waals surface area contributed by atoms with Crippen molar-refractivity contribution in [3.63, 3.8) is 0 Å². The monoisotopic (exact) mass is 514 g/mol. The molecule has 4 aromatic rings. The Hall–Kier alpha value is -3.12. The molecule has 0 heterocycles. The fourth-order valence-corrected chi connectivity index (χ4v) is 7.44. The van der Waals surface area contributed by atoms with Crippen molar-refractivity contribution in [2.45, 2.75) is 84.5 Å². The average Bonchev–Trinajstić information content (AvgIpc) is 2.99. The average molecular weight is 515 g/mol. The van der Waals surface area contributed by atoms with E-state index in [2.05, 4.69) is 125 Å². The summed E-state index contributed by atoms with van der Waals surface area (Å²) >= 11 is 0. The lowest BCUT2D eigenvalue weighted by molar-refractivity contribution is 0.191. The van der Waals surface area contributed by atoms with Crippen molar-refractivity contribution in [2.24, 2.45) is 11.8 Å². The summed E-state index contributed by atoms with van der Waals surface area (Å²) in [5, 5.41) is 0. The number of aryl methyl sites for hydroxylation is 2. The number of fused-ring (bicyclic) bond motifs is 4. The lowest BCUT2D eigenvalue weighted by atomic mass is 9.64. The van der Waals surface area contributed by atoms with Gasteiger partial charge in [-0.15, -0.1) is 0 Å². The van der Waals surface area contributed by atoms with E-state index < -0.39 is 0 Å². The van der Waals surface area contributed by atoms with Crippen LogP contribution in [-0.2, 0) is 19.3 Å². The van der Waals surface area contributed by atoms with Gasteiger partial charge in [0.2, 0.25) is 0 Å². The van der Waals surface area contributed by atoms with Crippen LogP contribution in [0.4, 0.5) is 0 Å². The number of benzene rings is 4. The van der Waals surface area contributed by atoms with Gasteiger partial charge < -0.3 is 0 Å². The number of hydrogen-bond acceptors (Lipinski definition) is 0. The second kappa shape index (κ2) is 12.8. The van der Waals surface area contributed by atoms with Crippen LogP contribution in [0, 0.1) is 18.8 Å². The number of rotatable bonds is 1. The van der Waals surface area contributed by atoms with E-state index in [1.54, 1.807) is 11.1 Å². The van der Waals surface area contributed by atoms with E-state index in [4.69, 9.17) is 0 Å². The smallest absolute Gasteiger partial charge is 0.00666 e. The summed E-state index contributed by atoms with van der Waals surface area (Å²) in [6, 6.07) is 35.2. The summed E-state index contributed by atoms with van der Waals surface area (Å²) in [7, 11) is 0. The minimum Gasteiger partial charge on any atom is -0.0620 e. The highest BCUT2D eigenvalue weighted by Gasteiger charge is 2.35. The molecule has 39 heavy (non-hydrogen) atoms. The zero-order valence-corrected chi connectivity index (χ0v) is 24.5. The Morgan fingerprint density at radius 1 is 0.615 bits per heavy atom. The standard InChI is InChI=1S/C15H20.C15H14.C9H12/c2*1-11-14-8-4-2-6-12(14)10-13-7-3-5-9-15(11)13;1-3-9-7-5-4-6-8(9)2/h2,4,6,8,11,13,15H,3,5,7,9-10H2,1H3;2-9,11H,10H2,1H3;4-7H,3H2,1-2H3. The van der Waals surface area contributed by atoms with Gasteiger partial charge in [0.1, 0.15) is 0 Å². The molecule has 0 amide bonds. The highest BCUT2D eigenvalue weighted by atomic mass is 14.4. The van der Waals surface area contributed by atoms with E-state index in [0.717, 1.165) is 30.6 Å². The van der Waals surface area contributed by atoms with E-state index in [1.807, 2.05) is 0 Å². The Labute approximate surface area is 237 Å². The van der Waals surface area contributed by atoms with Gasteiger partial charge in [-0.2, -0.15) is 0 Å². The molecule has 3 atom stereocenters. The van der Waals surface area contributed by atoms with Crippen LogP contribution in [0.3, 0.4) is 0 Å². The van der Waals surface area contributed by atoms with Gasteiger partial charge in [0.15, 0.2) is 0 Å². The van der Waals surface area contributed by atoms with Crippen molar-refractivity contribution in [1.82, 2.24) is 0 Å². The molecule has 0 heteroatoms. The van der Waals surface area contributed by atoms with Crippen LogP contribution in [0.1, 0.15) is 103 Å². The second-order valence-corrected chi connectivity index (χ2v) is 12.0. The SMILES string of the molecule is CC1c2ccccc2CC2CCCCC21.CC1c2ccccc2Cc2ccccc21.CCc1ccccc1C. The molecule has 0 radical (unpaired) electrons. The number of hydrogen-bond donors (Lipinski definition) is 0.